The van der Waals surface area contributed by atoms with Crippen molar-refractivity contribution < 1.29 is 9.84 Å². The number of aliphatic hydroxyl groups excluding tert-OH is 1. The average molecular weight is 518 g/mol. The van der Waals surface area contributed by atoms with E-state index >= 15 is 0 Å². The SMILES string of the molecule is CCNC(=NCc1sc(C)nc1C)NCC(O)COC(C)c1ccccc1.I. The minimum atomic E-state index is -0.618. The predicted octanol–water partition coefficient (Wildman–Crippen LogP) is 3.57. The van der Waals surface area contributed by atoms with Gasteiger partial charge in [0.05, 0.1) is 36.1 Å². The highest BCUT2D eigenvalue weighted by Crippen LogP contribution is 2.18. The maximum atomic E-state index is 10.2. The van der Waals surface area contributed by atoms with Gasteiger partial charge in [0.25, 0.3) is 0 Å². The highest BCUT2D eigenvalue weighted by atomic mass is 127. The number of halogens is 1. The summed E-state index contributed by atoms with van der Waals surface area (Å²) in [5.74, 6) is 0.679. The Morgan fingerprint density at radius 2 is 1.96 bits per heavy atom. The van der Waals surface area contributed by atoms with E-state index in [9.17, 15) is 5.11 Å². The standard InChI is InChI=1S/C20H30N4O2S.HI/c1-5-21-20(23-12-19-14(2)24-16(4)27-19)22-11-18(25)13-26-15(3)17-9-7-6-8-10-17;/h6-10,15,18,25H,5,11-13H2,1-4H3,(H2,21,22,23);1H. The Kier molecular flexibility index (Phi) is 11.6. The largest absolute Gasteiger partial charge is 0.389 e. The van der Waals surface area contributed by atoms with Gasteiger partial charge in [0.15, 0.2) is 5.96 Å². The molecular weight excluding hydrogens is 487 g/mol. The highest BCUT2D eigenvalue weighted by molar-refractivity contribution is 14.0. The lowest BCUT2D eigenvalue weighted by Crippen LogP contribution is -2.42. The number of guanidine groups is 1. The van der Waals surface area contributed by atoms with Gasteiger partial charge < -0.3 is 20.5 Å². The lowest BCUT2D eigenvalue weighted by Gasteiger charge is -2.18. The molecule has 0 aliphatic carbocycles. The molecule has 28 heavy (non-hydrogen) atoms. The predicted molar refractivity (Wildman–Crippen MR) is 127 cm³/mol. The molecule has 2 atom stereocenters. The number of hydrogen-bond donors (Lipinski definition) is 3. The Labute approximate surface area is 188 Å². The second-order valence-electron chi connectivity index (χ2n) is 6.36. The number of nitrogens with one attached hydrogen (secondary N) is 2. The van der Waals surface area contributed by atoms with Crippen LogP contribution in [0.1, 0.15) is 41.1 Å². The fourth-order valence-electron chi connectivity index (χ4n) is 2.56. The number of aromatic nitrogens is 1. The van der Waals surface area contributed by atoms with E-state index in [4.69, 9.17) is 4.74 Å². The van der Waals surface area contributed by atoms with Gasteiger partial charge in [-0.25, -0.2) is 9.98 Å². The molecule has 0 radical (unpaired) electrons. The van der Waals surface area contributed by atoms with Crippen molar-refractivity contribution in [1.82, 2.24) is 15.6 Å². The topological polar surface area (TPSA) is 78.8 Å². The molecule has 0 bridgehead atoms. The first-order valence-electron chi connectivity index (χ1n) is 9.29. The number of aliphatic imine (C=N–C) groups is 1. The van der Waals surface area contributed by atoms with Crippen molar-refractivity contribution in [2.24, 2.45) is 4.99 Å². The summed E-state index contributed by atoms with van der Waals surface area (Å²) < 4.78 is 5.77. The smallest absolute Gasteiger partial charge is 0.191 e. The quantitative estimate of drug-likeness (QED) is 0.269. The van der Waals surface area contributed by atoms with Gasteiger partial charge in [0.2, 0.25) is 0 Å². The summed E-state index contributed by atoms with van der Waals surface area (Å²) in [7, 11) is 0. The molecule has 0 aliphatic heterocycles. The molecule has 0 saturated heterocycles. The van der Waals surface area contributed by atoms with Crippen molar-refractivity contribution in [3.05, 3.63) is 51.5 Å². The molecule has 1 aromatic carbocycles. The van der Waals surface area contributed by atoms with Gasteiger partial charge in [-0.1, -0.05) is 30.3 Å². The van der Waals surface area contributed by atoms with Crippen LogP contribution in [0.2, 0.25) is 0 Å². The van der Waals surface area contributed by atoms with E-state index in [1.807, 2.05) is 58.0 Å². The Morgan fingerprint density at radius 1 is 1.25 bits per heavy atom. The van der Waals surface area contributed by atoms with Crippen LogP contribution >= 0.6 is 35.3 Å². The van der Waals surface area contributed by atoms with Gasteiger partial charge in [-0.05, 0) is 33.3 Å². The highest BCUT2D eigenvalue weighted by Gasteiger charge is 2.11. The van der Waals surface area contributed by atoms with Gasteiger partial charge in [-0.2, -0.15) is 0 Å². The van der Waals surface area contributed by atoms with Crippen LogP contribution in [-0.2, 0) is 11.3 Å². The summed E-state index contributed by atoms with van der Waals surface area (Å²) in [5, 5.41) is 17.6. The third-order valence-electron chi connectivity index (χ3n) is 4.04. The van der Waals surface area contributed by atoms with Crippen molar-refractivity contribution in [2.75, 3.05) is 19.7 Å². The minimum absolute atomic E-state index is 0. The molecule has 1 heterocycles. The molecule has 0 amide bonds. The van der Waals surface area contributed by atoms with Crippen molar-refractivity contribution in [2.45, 2.75) is 46.4 Å². The lowest BCUT2D eigenvalue weighted by atomic mass is 10.1. The van der Waals surface area contributed by atoms with E-state index in [1.165, 1.54) is 0 Å². The zero-order chi connectivity index (χ0) is 19.6. The second kappa shape index (κ2) is 13.1. The Balaban J connectivity index is 0.00000392. The number of nitrogens with zero attached hydrogens (tertiary/aromatic N) is 2. The molecule has 0 fully saturated rings. The number of hydrogen-bond acceptors (Lipinski definition) is 5. The Morgan fingerprint density at radius 3 is 2.57 bits per heavy atom. The third-order valence-corrected chi connectivity index (χ3v) is 5.09. The molecule has 8 heteroatoms. The number of aliphatic hydroxyl groups is 1. The van der Waals surface area contributed by atoms with Crippen LogP contribution in [0.5, 0.6) is 0 Å². The van der Waals surface area contributed by atoms with Crippen LogP contribution in [-0.4, -0.2) is 41.9 Å². The second-order valence-corrected chi connectivity index (χ2v) is 7.65. The van der Waals surface area contributed by atoms with E-state index in [2.05, 4.69) is 20.6 Å². The maximum Gasteiger partial charge on any atom is 0.191 e. The summed E-state index contributed by atoms with van der Waals surface area (Å²) in [5.41, 5.74) is 2.13. The third kappa shape index (κ3) is 8.42. The van der Waals surface area contributed by atoms with Crippen molar-refractivity contribution >= 4 is 41.3 Å². The van der Waals surface area contributed by atoms with Crippen LogP contribution in [0.4, 0.5) is 0 Å². The molecule has 0 spiro atoms. The zero-order valence-corrected chi connectivity index (χ0v) is 20.1. The molecule has 2 rings (SSSR count). The van der Waals surface area contributed by atoms with E-state index in [1.54, 1.807) is 11.3 Å². The normalized spacial score (nSPS) is 13.5. The molecule has 2 aromatic rings. The van der Waals surface area contributed by atoms with Gasteiger partial charge in [0.1, 0.15) is 0 Å². The molecule has 0 aliphatic rings. The molecule has 6 nitrogen and oxygen atoms in total. The summed E-state index contributed by atoms with van der Waals surface area (Å²) in [6.07, 6.45) is -0.673. The molecule has 156 valence electrons. The number of thiazole rings is 1. The Bertz CT molecular complexity index is 724. The number of aryl methyl sites for hydroxylation is 2. The van der Waals surface area contributed by atoms with E-state index in [0.717, 1.165) is 27.7 Å². The van der Waals surface area contributed by atoms with Crippen LogP contribution in [0.3, 0.4) is 0 Å². The molecular formula is C20H31IN4O2S. The van der Waals surface area contributed by atoms with Gasteiger partial charge in [-0.15, -0.1) is 35.3 Å². The van der Waals surface area contributed by atoms with Crippen LogP contribution in [0.25, 0.3) is 0 Å². The van der Waals surface area contributed by atoms with Gasteiger partial charge in [-0.3, -0.25) is 0 Å². The van der Waals surface area contributed by atoms with Crippen LogP contribution in [0, 0.1) is 13.8 Å². The fourth-order valence-corrected chi connectivity index (χ4v) is 3.42. The van der Waals surface area contributed by atoms with E-state index in [0.29, 0.717) is 19.0 Å². The van der Waals surface area contributed by atoms with Crippen molar-refractivity contribution in [1.29, 1.82) is 0 Å². The Hall–Kier alpha value is -1.23. The average Bonchev–Trinajstić information content (AvgIpc) is 2.99. The van der Waals surface area contributed by atoms with E-state index in [-0.39, 0.29) is 36.7 Å². The van der Waals surface area contributed by atoms with E-state index < -0.39 is 6.10 Å². The number of benzene rings is 1. The summed E-state index contributed by atoms with van der Waals surface area (Å²) in [6, 6.07) is 9.99. The molecule has 0 saturated carbocycles. The minimum Gasteiger partial charge on any atom is -0.389 e. The van der Waals surface area contributed by atoms with Crippen LogP contribution < -0.4 is 10.6 Å². The first-order valence-corrected chi connectivity index (χ1v) is 10.1. The zero-order valence-electron chi connectivity index (χ0n) is 16.9. The van der Waals surface area contributed by atoms with Crippen molar-refractivity contribution in [3.63, 3.8) is 0 Å². The maximum absolute atomic E-state index is 10.2. The summed E-state index contributed by atoms with van der Waals surface area (Å²) in [4.78, 5) is 10.2. The first kappa shape index (κ1) is 24.8. The van der Waals surface area contributed by atoms with Crippen molar-refractivity contribution in [3.8, 4) is 0 Å². The fraction of sp³-hybridized carbons (Fsp3) is 0.500. The van der Waals surface area contributed by atoms with Gasteiger partial charge in [0, 0.05) is 18.0 Å². The molecule has 1 aromatic heterocycles. The summed E-state index contributed by atoms with van der Waals surface area (Å²) in [6.45, 7) is 9.96. The lowest BCUT2D eigenvalue weighted by molar-refractivity contribution is -0.000599. The van der Waals surface area contributed by atoms with Gasteiger partial charge >= 0.3 is 0 Å². The summed E-state index contributed by atoms with van der Waals surface area (Å²) >= 11 is 1.66. The molecule has 3 N–H and O–H groups in total. The molecule has 2 unspecified atom stereocenters. The van der Waals surface area contributed by atoms with Crippen LogP contribution in [0.15, 0.2) is 35.3 Å². The number of ether oxygens (including phenoxy) is 1. The number of rotatable bonds is 9. The first-order chi connectivity index (χ1) is 13.0. The monoisotopic (exact) mass is 518 g/mol.